The number of nitrogens with two attached hydrogens (primary N) is 1. The molecule has 0 aliphatic carbocycles. The Hall–Kier alpha value is -2.16. The van der Waals surface area contributed by atoms with Gasteiger partial charge in [0, 0.05) is 38.4 Å². The zero-order valence-electron chi connectivity index (χ0n) is 13.4. The molecule has 0 atom stereocenters. The van der Waals surface area contributed by atoms with E-state index in [-0.39, 0.29) is 4.99 Å². The van der Waals surface area contributed by atoms with Gasteiger partial charge in [0.15, 0.2) is 0 Å². The molecular formula is C18H22N4S. The van der Waals surface area contributed by atoms with Crippen LogP contribution in [0.1, 0.15) is 12.5 Å². The van der Waals surface area contributed by atoms with Gasteiger partial charge >= 0.3 is 0 Å². The molecule has 0 aromatic heterocycles. The fourth-order valence-electron chi connectivity index (χ4n) is 2.64. The van der Waals surface area contributed by atoms with Crippen LogP contribution >= 0.6 is 12.2 Å². The van der Waals surface area contributed by atoms with Crippen molar-refractivity contribution in [1.82, 2.24) is 9.80 Å². The molecule has 1 aliphatic heterocycles. The summed E-state index contributed by atoms with van der Waals surface area (Å²) in [6, 6.07) is 12.4. The van der Waals surface area contributed by atoms with Crippen LogP contribution in [-0.4, -0.2) is 47.5 Å². The topological polar surface area (TPSA) is 56.3 Å². The second-order valence-corrected chi connectivity index (χ2v) is 5.98. The van der Waals surface area contributed by atoms with Crippen LogP contribution in [0.25, 0.3) is 6.08 Å². The third-order valence-electron chi connectivity index (χ3n) is 4.04. The Morgan fingerprint density at radius 3 is 2.48 bits per heavy atom. The van der Waals surface area contributed by atoms with E-state index in [2.05, 4.69) is 40.2 Å². The molecule has 4 nitrogen and oxygen atoms in total. The summed E-state index contributed by atoms with van der Waals surface area (Å²) in [5.41, 5.74) is 8.15. The molecule has 23 heavy (non-hydrogen) atoms. The number of benzene rings is 1. The number of hydrogen-bond acceptors (Lipinski definition) is 4. The maximum absolute atomic E-state index is 9.15. The molecule has 1 fully saturated rings. The van der Waals surface area contributed by atoms with Crippen molar-refractivity contribution in [2.24, 2.45) is 5.73 Å². The number of nitriles is 1. The Morgan fingerprint density at radius 1 is 1.26 bits per heavy atom. The quantitative estimate of drug-likeness (QED) is 0.511. The van der Waals surface area contributed by atoms with Crippen molar-refractivity contribution in [3.05, 3.63) is 53.2 Å². The molecule has 2 N–H and O–H groups in total. The standard InChI is InChI=1S/C18H22N4S/c1-15(17(14-19)18(20)23)22-12-10-21(11-13-22)9-5-8-16-6-3-2-4-7-16/h2-8H,9-13H2,1H3,(H2,20,23)/b8-5+,17-15+. The van der Waals surface area contributed by atoms with E-state index < -0.39 is 0 Å². The van der Waals surface area contributed by atoms with Gasteiger partial charge in [-0.3, -0.25) is 4.90 Å². The highest BCUT2D eigenvalue weighted by atomic mass is 32.1. The van der Waals surface area contributed by atoms with Crippen molar-refractivity contribution < 1.29 is 0 Å². The van der Waals surface area contributed by atoms with E-state index in [1.54, 1.807) is 0 Å². The number of nitrogens with zero attached hydrogens (tertiary/aromatic N) is 3. The van der Waals surface area contributed by atoms with Crippen LogP contribution < -0.4 is 5.73 Å². The van der Waals surface area contributed by atoms with Gasteiger partial charge in [0.25, 0.3) is 0 Å². The number of rotatable bonds is 5. The van der Waals surface area contributed by atoms with Gasteiger partial charge in [-0.2, -0.15) is 5.26 Å². The summed E-state index contributed by atoms with van der Waals surface area (Å²) in [4.78, 5) is 4.77. The molecule has 1 heterocycles. The SMILES string of the molecule is C/C(=C(/C#N)C(N)=S)N1CCN(C/C=C/c2ccccc2)CC1. The summed E-state index contributed by atoms with van der Waals surface area (Å²) in [6.07, 6.45) is 4.35. The van der Waals surface area contributed by atoms with E-state index in [0.29, 0.717) is 5.57 Å². The van der Waals surface area contributed by atoms with Gasteiger partial charge in [0.05, 0.1) is 0 Å². The van der Waals surface area contributed by atoms with Crippen molar-refractivity contribution in [2.45, 2.75) is 6.92 Å². The molecule has 120 valence electrons. The van der Waals surface area contributed by atoms with Crippen LogP contribution in [0.15, 0.2) is 47.7 Å². The van der Waals surface area contributed by atoms with Gasteiger partial charge in [-0.1, -0.05) is 54.7 Å². The van der Waals surface area contributed by atoms with E-state index >= 15 is 0 Å². The Bertz CT molecular complexity index is 635. The summed E-state index contributed by atoms with van der Waals surface area (Å²) in [7, 11) is 0. The van der Waals surface area contributed by atoms with Crippen molar-refractivity contribution >= 4 is 23.3 Å². The highest BCUT2D eigenvalue weighted by Gasteiger charge is 2.18. The highest BCUT2D eigenvalue weighted by Crippen LogP contribution is 2.13. The monoisotopic (exact) mass is 326 g/mol. The number of allylic oxidation sites excluding steroid dienone is 1. The van der Waals surface area contributed by atoms with Crippen LogP contribution in [0.4, 0.5) is 0 Å². The maximum Gasteiger partial charge on any atom is 0.116 e. The van der Waals surface area contributed by atoms with Gasteiger partial charge in [0.1, 0.15) is 16.6 Å². The van der Waals surface area contributed by atoms with E-state index in [0.717, 1.165) is 38.4 Å². The molecule has 2 rings (SSSR count). The first-order chi connectivity index (χ1) is 11.1. The van der Waals surface area contributed by atoms with Crippen LogP contribution in [0, 0.1) is 11.3 Å². The summed E-state index contributed by atoms with van der Waals surface area (Å²) >= 11 is 4.94. The van der Waals surface area contributed by atoms with Crippen molar-refractivity contribution in [1.29, 1.82) is 5.26 Å². The van der Waals surface area contributed by atoms with Crippen LogP contribution in [0.2, 0.25) is 0 Å². The lowest BCUT2D eigenvalue weighted by Crippen LogP contribution is -2.45. The third-order valence-corrected chi connectivity index (χ3v) is 4.24. The summed E-state index contributed by atoms with van der Waals surface area (Å²) in [5, 5.41) is 9.15. The van der Waals surface area contributed by atoms with Gasteiger partial charge in [-0.25, -0.2) is 0 Å². The van der Waals surface area contributed by atoms with Crippen molar-refractivity contribution in [3.63, 3.8) is 0 Å². The molecule has 1 aromatic rings. The zero-order chi connectivity index (χ0) is 16.7. The summed E-state index contributed by atoms with van der Waals surface area (Å²) < 4.78 is 0. The lowest BCUT2D eigenvalue weighted by Gasteiger charge is -2.36. The molecule has 0 amide bonds. The lowest BCUT2D eigenvalue weighted by molar-refractivity contribution is 0.172. The molecule has 5 heteroatoms. The predicted molar refractivity (Wildman–Crippen MR) is 98.6 cm³/mol. The molecule has 1 aromatic carbocycles. The minimum absolute atomic E-state index is 0.179. The average molecular weight is 326 g/mol. The van der Waals surface area contributed by atoms with Crippen molar-refractivity contribution in [3.8, 4) is 6.07 Å². The van der Waals surface area contributed by atoms with Gasteiger partial charge < -0.3 is 10.6 Å². The molecular weight excluding hydrogens is 304 g/mol. The smallest absolute Gasteiger partial charge is 0.116 e. The van der Waals surface area contributed by atoms with Gasteiger partial charge in [0.2, 0.25) is 0 Å². The van der Waals surface area contributed by atoms with E-state index in [9.17, 15) is 0 Å². The molecule has 0 bridgehead atoms. The second-order valence-electron chi connectivity index (χ2n) is 5.54. The number of thiocarbonyl (C=S) groups is 1. The fraction of sp³-hybridized carbons (Fsp3) is 0.333. The molecule has 1 aliphatic rings. The minimum atomic E-state index is 0.179. The summed E-state index contributed by atoms with van der Waals surface area (Å²) in [6.45, 7) is 6.56. The summed E-state index contributed by atoms with van der Waals surface area (Å²) in [5.74, 6) is 0. The molecule has 1 saturated heterocycles. The van der Waals surface area contributed by atoms with Crippen LogP contribution in [-0.2, 0) is 0 Å². The minimum Gasteiger partial charge on any atom is -0.389 e. The first-order valence-corrected chi connectivity index (χ1v) is 8.12. The van der Waals surface area contributed by atoms with Crippen LogP contribution in [0.3, 0.4) is 0 Å². The zero-order valence-corrected chi connectivity index (χ0v) is 14.2. The van der Waals surface area contributed by atoms with Gasteiger partial charge in [-0.05, 0) is 12.5 Å². The number of piperazine rings is 1. The molecule has 0 radical (unpaired) electrons. The first kappa shape index (κ1) is 17.2. The normalized spacial score (nSPS) is 17.0. The van der Waals surface area contributed by atoms with E-state index in [1.165, 1.54) is 5.56 Å². The van der Waals surface area contributed by atoms with E-state index in [4.69, 9.17) is 23.2 Å². The Labute approximate surface area is 143 Å². The van der Waals surface area contributed by atoms with E-state index in [1.807, 2.05) is 25.1 Å². The molecule has 0 saturated carbocycles. The van der Waals surface area contributed by atoms with Crippen molar-refractivity contribution in [2.75, 3.05) is 32.7 Å². The Kier molecular flexibility index (Phi) is 6.33. The second kappa shape index (κ2) is 8.47. The molecule has 0 spiro atoms. The number of hydrogen-bond donors (Lipinski definition) is 1. The fourth-order valence-corrected chi connectivity index (χ4v) is 2.83. The average Bonchev–Trinajstić information content (AvgIpc) is 2.56. The van der Waals surface area contributed by atoms with Crippen LogP contribution in [0.5, 0.6) is 0 Å². The van der Waals surface area contributed by atoms with Gasteiger partial charge in [-0.15, -0.1) is 0 Å². The predicted octanol–water partition coefficient (Wildman–Crippen LogP) is 2.40. The molecule has 0 unspecified atom stereocenters. The largest absolute Gasteiger partial charge is 0.389 e. The Morgan fingerprint density at radius 2 is 1.91 bits per heavy atom. The lowest BCUT2D eigenvalue weighted by atomic mass is 10.2. The highest BCUT2D eigenvalue weighted by molar-refractivity contribution is 7.80. The maximum atomic E-state index is 9.15. The first-order valence-electron chi connectivity index (χ1n) is 7.71. The third kappa shape index (κ3) is 4.92. The Balaban J connectivity index is 1.86.